The first-order chi connectivity index (χ1) is 7.94. The fourth-order valence-electron chi connectivity index (χ4n) is 1.04. The molecule has 92 valence electrons. The Kier molecular flexibility index (Phi) is 6.64. The van der Waals surface area contributed by atoms with E-state index in [-0.39, 0.29) is 12.6 Å². The third-order valence-corrected chi connectivity index (χ3v) is 3.72. The highest BCUT2D eigenvalue weighted by molar-refractivity contribution is 7.66. The van der Waals surface area contributed by atoms with Crippen molar-refractivity contribution >= 4 is 18.6 Å². The minimum absolute atomic E-state index is 0.216. The molecule has 0 saturated carbocycles. The zero-order valence-electron chi connectivity index (χ0n) is 8.98. The van der Waals surface area contributed by atoms with Crippen LogP contribution in [0, 0.1) is 11.5 Å². The zero-order valence-corrected chi connectivity index (χ0v) is 9.88. The van der Waals surface area contributed by atoms with Crippen LogP contribution in [0.2, 0.25) is 0 Å². The topological polar surface area (TPSA) is 124 Å². The van der Waals surface area contributed by atoms with Crippen LogP contribution in [0.3, 0.4) is 0 Å². The summed E-state index contributed by atoms with van der Waals surface area (Å²) in [7, 11) is -3.48. The van der Waals surface area contributed by atoms with Gasteiger partial charge in [0.1, 0.15) is 0 Å². The molecule has 0 aliphatic rings. The normalized spacial score (nSPS) is 12.5. The van der Waals surface area contributed by atoms with Crippen LogP contribution in [0.1, 0.15) is 6.42 Å². The Morgan fingerprint density at radius 3 is 2.29 bits per heavy atom. The van der Waals surface area contributed by atoms with Gasteiger partial charge in [-0.1, -0.05) is 18.2 Å². The Bertz CT molecular complexity index is 441. The number of carboxylic acid groups (broad SMARTS) is 1. The molecule has 1 rings (SSSR count). The van der Waals surface area contributed by atoms with Gasteiger partial charge >= 0.3 is 5.97 Å². The van der Waals surface area contributed by atoms with Crippen LogP contribution in [0.25, 0.3) is 0 Å². The van der Waals surface area contributed by atoms with Crippen LogP contribution in [0.5, 0.6) is 0 Å². The van der Waals surface area contributed by atoms with E-state index in [1.54, 1.807) is 18.2 Å². The lowest BCUT2D eigenvalue weighted by molar-refractivity contribution is -0.136. The van der Waals surface area contributed by atoms with Gasteiger partial charge < -0.3 is 15.7 Å². The van der Waals surface area contributed by atoms with Gasteiger partial charge in [-0.05, 0) is 12.1 Å². The largest absolute Gasteiger partial charge is 0.481 e. The summed E-state index contributed by atoms with van der Waals surface area (Å²) in [5.74, 6) is -1.06. The first kappa shape index (κ1) is 15.2. The number of hydrogen-bond donors (Lipinski definition) is 3. The smallest absolute Gasteiger partial charge is 0.303 e. The average molecular weight is 256 g/mol. The molecule has 0 heterocycles. The molecule has 1 unspecified atom stereocenters. The molecule has 1 aromatic carbocycles. The molecule has 0 amide bonds. The summed E-state index contributed by atoms with van der Waals surface area (Å²) < 4.78 is 11.6. The lowest BCUT2D eigenvalue weighted by atomic mass is 10.4. The van der Waals surface area contributed by atoms with E-state index in [0.717, 1.165) is 0 Å². The Labute approximate surface area is 98.8 Å². The SMILES string of the molecule is N#CN.O=C(O)CCP(=O)(O)c1ccccc1. The molecule has 1 atom stereocenters. The van der Waals surface area contributed by atoms with Crippen molar-refractivity contribution in [1.82, 2.24) is 0 Å². The first-order valence-corrected chi connectivity index (χ1v) is 6.47. The van der Waals surface area contributed by atoms with Crippen LogP contribution in [-0.2, 0) is 9.36 Å². The number of hydrogen-bond acceptors (Lipinski definition) is 4. The highest BCUT2D eigenvalue weighted by Gasteiger charge is 2.21. The fraction of sp³-hybridized carbons (Fsp3) is 0.200. The highest BCUT2D eigenvalue weighted by atomic mass is 31.2. The van der Waals surface area contributed by atoms with E-state index in [1.807, 2.05) is 0 Å². The van der Waals surface area contributed by atoms with Gasteiger partial charge in [0, 0.05) is 11.5 Å². The molecule has 0 aromatic heterocycles. The Hall–Kier alpha value is -1.83. The quantitative estimate of drug-likeness (QED) is 0.409. The molecule has 1 aromatic rings. The van der Waals surface area contributed by atoms with Crippen molar-refractivity contribution in [2.24, 2.45) is 5.73 Å². The fourth-order valence-corrected chi connectivity index (χ4v) is 2.43. The van der Waals surface area contributed by atoms with Gasteiger partial charge in [0.25, 0.3) is 0 Å². The molecule has 0 spiro atoms. The number of aliphatic carboxylic acids is 1. The van der Waals surface area contributed by atoms with E-state index >= 15 is 0 Å². The second-order valence-electron chi connectivity index (χ2n) is 3.03. The standard InChI is InChI=1S/C9H11O4P.CH2N2/c10-9(11)6-7-14(12,13)8-4-2-1-3-5-8;2-1-3/h1-5H,6-7H2,(H,10,11)(H,12,13);2H2. The van der Waals surface area contributed by atoms with Crippen LogP contribution < -0.4 is 11.0 Å². The maximum atomic E-state index is 11.6. The molecule has 0 aliphatic carbocycles. The molecule has 0 bridgehead atoms. The number of nitrogens with two attached hydrogens (primary N) is 1. The maximum absolute atomic E-state index is 11.6. The molecular formula is C10H13N2O4P. The van der Waals surface area contributed by atoms with Gasteiger partial charge in [0.05, 0.1) is 6.42 Å². The Balaban J connectivity index is 0.000000770. The summed E-state index contributed by atoms with van der Waals surface area (Å²) in [4.78, 5) is 19.8. The van der Waals surface area contributed by atoms with Crippen LogP contribution in [-0.4, -0.2) is 22.1 Å². The number of nitrogens with zero attached hydrogens (tertiary/aromatic N) is 1. The molecule has 17 heavy (non-hydrogen) atoms. The second-order valence-corrected chi connectivity index (χ2v) is 5.40. The third-order valence-electron chi connectivity index (χ3n) is 1.79. The third kappa shape index (κ3) is 6.36. The van der Waals surface area contributed by atoms with Crippen molar-refractivity contribution in [3.63, 3.8) is 0 Å². The van der Waals surface area contributed by atoms with Crippen LogP contribution >= 0.6 is 7.37 Å². The number of benzene rings is 1. The minimum Gasteiger partial charge on any atom is -0.481 e. The predicted molar refractivity (Wildman–Crippen MR) is 62.8 cm³/mol. The molecule has 6 nitrogen and oxygen atoms in total. The number of carbonyl (C=O) groups is 1. The van der Waals surface area contributed by atoms with E-state index in [9.17, 15) is 14.3 Å². The maximum Gasteiger partial charge on any atom is 0.303 e. The minimum atomic E-state index is -3.48. The highest BCUT2D eigenvalue weighted by Crippen LogP contribution is 2.39. The molecular weight excluding hydrogens is 243 g/mol. The summed E-state index contributed by atoms with van der Waals surface area (Å²) >= 11 is 0. The zero-order chi connectivity index (χ0) is 13.3. The van der Waals surface area contributed by atoms with Crippen molar-refractivity contribution in [2.75, 3.05) is 6.16 Å². The summed E-state index contributed by atoms with van der Waals surface area (Å²) in [6.45, 7) is 0. The van der Waals surface area contributed by atoms with E-state index in [1.165, 1.54) is 18.3 Å². The summed E-state index contributed by atoms with van der Waals surface area (Å²) in [6, 6.07) is 8.10. The monoisotopic (exact) mass is 256 g/mol. The molecule has 7 heteroatoms. The number of nitriles is 1. The Morgan fingerprint density at radius 2 is 1.88 bits per heavy atom. The predicted octanol–water partition coefficient (Wildman–Crippen LogP) is 0.483. The summed E-state index contributed by atoms with van der Waals surface area (Å²) in [5.41, 5.74) is 4.15. The van der Waals surface area contributed by atoms with Crippen molar-refractivity contribution in [2.45, 2.75) is 6.42 Å². The van der Waals surface area contributed by atoms with Crippen molar-refractivity contribution in [1.29, 1.82) is 5.26 Å². The van der Waals surface area contributed by atoms with Gasteiger partial charge in [-0.2, -0.15) is 5.26 Å². The lowest BCUT2D eigenvalue weighted by Crippen LogP contribution is -2.09. The van der Waals surface area contributed by atoms with Crippen molar-refractivity contribution in [3.8, 4) is 6.19 Å². The lowest BCUT2D eigenvalue weighted by Gasteiger charge is -2.09. The first-order valence-electron chi connectivity index (χ1n) is 4.63. The average Bonchev–Trinajstić information content (AvgIpc) is 2.29. The Morgan fingerprint density at radius 1 is 1.41 bits per heavy atom. The van der Waals surface area contributed by atoms with Crippen molar-refractivity contribution in [3.05, 3.63) is 30.3 Å². The molecule has 0 radical (unpaired) electrons. The van der Waals surface area contributed by atoms with Crippen molar-refractivity contribution < 1.29 is 19.4 Å². The van der Waals surface area contributed by atoms with Gasteiger partial charge in [-0.3, -0.25) is 9.36 Å². The van der Waals surface area contributed by atoms with E-state index in [4.69, 9.17) is 10.4 Å². The van der Waals surface area contributed by atoms with Gasteiger partial charge in [-0.15, -0.1) is 0 Å². The molecule has 0 saturated heterocycles. The molecule has 0 fully saturated rings. The second kappa shape index (κ2) is 7.44. The summed E-state index contributed by atoms with van der Waals surface area (Å²) in [6.07, 6.45) is 0.745. The van der Waals surface area contributed by atoms with Crippen LogP contribution in [0.15, 0.2) is 30.3 Å². The number of carboxylic acids is 1. The van der Waals surface area contributed by atoms with Gasteiger partial charge in [0.2, 0.25) is 7.37 Å². The van der Waals surface area contributed by atoms with Gasteiger partial charge in [-0.25, -0.2) is 0 Å². The number of rotatable bonds is 4. The van der Waals surface area contributed by atoms with E-state index in [0.29, 0.717) is 5.30 Å². The summed E-state index contributed by atoms with van der Waals surface area (Å²) in [5, 5.41) is 15.8. The van der Waals surface area contributed by atoms with Crippen LogP contribution in [0.4, 0.5) is 0 Å². The molecule has 4 N–H and O–H groups in total. The van der Waals surface area contributed by atoms with Gasteiger partial charge in [0.15, 0.2) is 6.19 Å². The molecule has 0 aliphatic heterocycles. The van der Waals surface area contributed by atoms with E-state index in [2.05, 4.69) is 5.73 Å². The van der Waals surface area contributed by atoms with E-state index < -0.39 is 13.3 Å².